The van der Waals surface area contributed by atoms with Crippen LogP contribution in [0.5, 0.6) is 0 Å². The average molecular weight is 839 g/mol. The maximum Gasteiger partial charge on any atom is 0.250 e. The summed E-state index contributed by atoms with van der Waals surface area (Å²) in [4.78, 5) is 78.7. The fourth-order valence-corrected chi connectivity index (χ4v) is 10.6. The van der Waals surface area contributed by atoms with Crippen LogP contribution in [0.4, 0.5) is 0 Å². The van der Waals surface area contributed by atoms with Gasteiger partial charge in [0.05, 0.1) is 45.6 Å². The first kappa shape index (κ1) is 38.3. The van der Waals surface area contributed by atoms with Gasteiger partial charge < -0.3 is 30.4 Å². The standard InChI is InChI=1S/C46H46N8O4S2/c55-43(29-15-16-29)51-39(27-9-3-1-4-10-27)45(57)53-23-7-13-33(53)41-47-25-31(49-41)35-19-21-37(59-35)38-22-20-36(60-38)32-26-48-42(50-32)34-14-8-24-54(34)46(58)40(28-11-5-2-6-12-28)52-44(56)30-17-18-30/h1-6,9-12,19-22,25-26,29-30,33-34,39-40H,7-8,13-18,23-24H2,(H,47,49)(H,48,50)(H,51,55)(H,52,56)/t33-,34-,39-,40?/m0/s1. The molecule has 60 heavy (non-hydrogen) atoms. The van der Waals surface area contributed by atoms with Gasteiger partial charge in [0, 0.05) is 34.7 Å². The molecule has 4 aromatic heterocycles. The van der Waals surface area contributed by atoms with Crippen LogP contribution in [0.2, 0.25) is 0 Å². The normalized spacial score (nSPS) is 19.9. The summed E-state index contributed by atoms with van der Waals surface area (Å²) in [6.07, 6.45) is 10.5. The lowest BCUT2D eigenvalue weighted by molar-refractivity contribution is -0.138. The molecule has 10 rings (SSSR count). The van der Waals surface area contributed by atoms with Crippen molar-refractivity contribution < 1.29 is 19.2 Å². The molecule has 1 unspecified atom stereocenters. The predicted molar refractivity (Wildman–Crippen MR) is 230 cm³/mol. The number of nitrogens with one attached hydrogen (secondary N) is 4. The van der Waals surface area contributed by atoms with Crippen molar-refractivity contribution in [2.45, 2.75) is 75.5 Å². The number of aromatic amines is 2. The number of thiophene rings is 2. The Bertz CT molecular complexity index is 2350. The number of hydrogen-bond donors (Lipinski definition) is 4. The van der Waals surface area contributed by atoms with Crippen molar-refractivity contribution in [2.24, 2.45) is 11.8 Å². The van der Waals surface area contributed by atoms with Gasteiger partial charge in [0.1, 0.15) is 23.7 Å². The first-order chi connectivity index (χ1) is 29.4. The van der Waals surface area contributed by atoms with Crippen LogP contribution in [0, 0.1) is 11.8 Å². The molecule has 0 radical (unpaired) electrons. The molecule has 14 heteroatoms. The van der Waals surface area contributed by atoms with Crippen molar-refractivity contribution in [3.8, 4) is 30.9 Å². The zero-order chi connectivity index (χ0) is 40.7. The van der Waals surface area contributed by atoms with Gasteiger partial charge in [-0.1, -0.05) is 60.7 Å². The average Bonchev–Trinajstić information content (AvgIpc) is 3.76. The van der Waals surface area contributed by atoms with Crippen LogP contribution in [-0.2, 0) is 19.2 Å². The summed E-state index contributed by atoms with van der Waals surface area (Å²) in [5, 5.41) is 6.11. The topological polar surface area (TPSA) is 156 Å². The highest BCUT2D eigenvalue weighted by molar-refractivity contribution is 7.25. The molecule has 0 spiro atoms. The second-order valence-electron chi connectivity index (χ2n) is 16.3. The smallest absolute Gasteiger partial charge is 0.250 e. The third kappa shape index (κ3) is 7.81. The number of carbonyl (C=O) groups is 4. The van der Waals surface area contributed by atoms with E-state index in [0.717, 1.165) is 105 Å². The molecular weight excluding hydrogens is 793 g/mol. The highest BCUT2D eigenvalue weighted by Crippen LogP contribution is 2.42. The Morgan fingerprint density at radius 1 is 0.550 bits per heavy atom. The number of carbonyl (C=O) groups excluding carboxylic acids is 4. The van der Waals surface area contributed by atoms with Crippen LogP contribution in [0.25, 0.3) is 30.9 Å². The number of H-pyrrole nitrogens is 2. The molecule has 0 bridgehead atoms. The van der Waals surface area contributed by atoms with E-state index < -0.39 is 12.1 Å². The van der Waals surface area contributed by atoms with Crippen molar-refractivity contribution in [1.82, 2.24) is 40.4 Å². The third-order valence-electron chi connectivity index (χ3n) is 12.1. The molecule has 306 valence electrons. The van der Waals surface area contributed by atoms with Gasteiger partial charge in [0.25, 0.3) is 0 Å². The van der Waals surface area contributed by atoms with E-state index in [0.29, 0.717) is 13.1 Å². The Hall–Kier alpha value is -5.86. The predicted octanol–water partition coefficient (Wildman–Crippen LogP) is 8.12. The third-order valence-corrected chi connectivity index (χ3v) is 14.5. The molecule has 4 atom stereocenters. The van der Waals surface area contributed by atoms with Crippen LogP contribution in [-0.4, -0.2) is 66.5 Å². The summed E-state index contributed by atoms with van der Waals surface area (Å²) in [6, 6.07) is 25.6. The van der Waals surface area contributed by atoms with Gasteiger partial charge >= 0.3 is 0 Å². The number of imidazole rings is 2. The summed E-state index contributed by atoms with van der Waals surface area (Å²) in [6.45, 7) is 1.21. The monoisotopic (exact) mass is 838 g/mol. The molecule has 6 aromatic rings. The van der Waals surface area contributed by atoms with Crippen molar-refractivity contribution in [3.63, 3.8) is 0 Å². The minimum absolute atomic E-state index is 0.000458. The van der Waals surface area contributed by atoms with Crippen molar-refractivity contribution >= 4 is 46.3 Å². The summed E-state index contributed by atoms with van der Waals surface area (Å²) < 4.78 is 0. The quantitative estimate of drug-likeness (QED) is 0.0921. The van der Waals surface area contributed by atoms with Crippen LogP contribution in [0.3, 0.4) is 0 Å². The fourth-order valence-electron chi connectivity index (χ4n) is 8.53. The number of rotatable bonds is 13. The molecule has 2 aliphatic carbocycles. The molecule has 2 saturated heterocycles. The van der Waals surface area contributed by atoms with Crippen molar-refractivity contribution in [1.29, 1.82) is 0 Å². The number of hydrogen-bond acceptors (Lipinski definition) is 8. The molecule has 4 N–H and O–H groups in total. The first-order valence-corrected chi connectivity index (χ1v) is 22.6. The van der Waals surface area contributed by atoms with E-state index in [2.05, 4.69) is 44.9 Å². The molecule has 2 aliphatic heterocycles. The van der Waals surface area contributed by atoms with E-state index in [9.17, 15) is 19.2 Å². The van der Waals surface area contributed by atoms with Gasteiger partial charge in [-0.25, -0.2) is 9.97 Å². The van der Waals surface area contributed by atoms with Crippen LogP contribution >= 0.6 is 22.7 Å². The minimum atomic E-state index is -0.732. The van der Waals surface area contributed by atoms with Crippen LogP contribution < -0.4 is 10.6 Å². The number of amides is 4. The van der Waals surface area contributed by atoms with E-state index in [1.54, 1.807) is 22.7 Å². The molecule has 4 aliphatic rings. The molecule has 2 saturated carbocycles. The number of likely N-dealkylation sites (tertiary alicyclic amines) is 2. The highest BCUT2D eigenvalue weighted by atomic mass is 32.1. The molecule has 4 fully saturated rings. The van der Waals surface area contributed by atoms with E-state index in [-0.39, 0.29) is 47.5 Å². The fraction of sp³-hybridized carbons (Fsp3) is 0.348. The Balaban J connectivity index is 0.819. The molecule has 4 amide bonds. The second kappa shape index (κ2) is 16.3. The first-order valence-electron chi connectivity index (χ1n) is 21.0. The highest BCUT2D eigenvalue weighted by Gasteiger charge is 2.41. The second-order valence-corrected chi connectivity index (χ2v) is 18.5. The lowest BCUT2D eigenvalue weighted by Crippen LogP contribution is -2.43. The summed E-state index contributed by atoms with van der Waals surface area (Å²) in [5.41, 5.74) is 3.37. The molecule has 12 nitrogen and oxygen atoms in total. The van der Waals surface area contributed by atoms with E-state index >= 15 is 0 Å². The maximum absolute atomic E-state index is 14.1. The molecule has 2 aromatic carbocycles. The lowest BCUT2D eigenvalue weighted by Gasteiger charge is -2.28. The van der Waals surface area contributed by atoms with Gasteiger partial charge in [0.2, 0.25) is 23.6 Å². The SMILES string of the molecule is O=C(NC(C(=O)N1CCC[C@H]1c1ncc(-c2ccc(-c3ccc(-c4cnc([C@@H]5CCCN5C(=O)[C@@H](NC(=O)C5CC5)c5ccccc5)[nH]4)s3)s2)[nH]1)c1ccccc1)C1CC1. The van der Waals surface area contributed by atoms with Gasteiger partial charge in [-0.15, -0.1) is 22.7 Å². The Morgan fingerprint density at radius 3 is 1.35 bits per heavy atom. The van der Waals surface area contributed by atoms with E-state index in [1.165, 1.54) is 0 Å². The molecular formula is C46H46N8O4S2. The Morgan fingerprint density at radius 2 is 0.950 bits per heavy atom. The summed E-state index contributed by atoms with van der Waals surface area (Å²) >= 11 is 3.36. The van der Waals surface area contributed by atoms with E-state index in [4.69, 9.17) is 9.97 Å². The van der Waals surface area contributed by atoms with Crippen LogP contribution in [0.15, 0.2) is 97.3 Å². The summed E-state index contributed by atoms with van der Waals surface area (Å²) in [7, 11) is 0. The maximum atomic E-state index is 14.1. The Kier molecular flexibility index (Phi) is 10.4. The van der Waals surface area contributed by atoms with Gasteiger partial charge in [0.15, 0.2) is 0 Å². The number of nitrogens with zero attached hydrogens (tertiary/aromatic N) is 4. The van der Waals surface area contributed by atoms with Crippen molar-refractivity contribution in [3.05, 3.63) is 120 Å². The van der Waals surface area contributed by atoms with Gasteiger partial charge in [-0.2, -0.15) is 0 Å². The van der Waals surface area contributed by atoms with E-state index in [1.807, 2.05) is 82.9 Å². The number of benzene rings is 2. The molecule has 6 heterocycles. The Labute approximate surface area is 355 Å². The minimum Gasteiger partial charge on any atom is -0.340 e. The van der Waals surface area contributed by atoms with Crippen LogP contribution in [0.1, 0.15) is 98.3 Å². The van der Waals surface area contributed by atoms with Gasteiger partial charge in [-0.3, -0.25) is 19.2 Å². The number of aromatic nitrogens is 4. The van der Waals surface area contributed by atoms with Gasteiger partial charge in [-0.05, 0) is 86.8 Å². The van der Waals surface area contributed by atoms with Crippen molar-refractivity contribution in [2.75, 3.05) is 13.1 Å². The summed E-state index contributed by atoms with van der Waals surface area (Å²) in [5.74, 6) is 1.19. The lowest BCUT2D eigenvalue weighted by atomic mass is 10.0. The zero-order valence-corrected chi connectivity index (χ0v) is 34.6. The zero-order valence-electron chi connectivity index (χ0n) is 33.0. The largest absolute Gasteiger partial charge is 0.340 e.